The molecule has 0 unspecified atom stereocenters. The molecule has 6 heteroatoms. The first-order valence-corrected chi connectivity index (χ1v) is 7.32. The lowest BCUT2D eigenvalue weighted by atomic mass is 10.1. The summed E-state index contributed by atoms with van der Waals surface area (Å²) in [5.41, 5.74) is 3.78. The number of rotatable bonds is 5. The van der Waals surface area contributed by atoms with Gasteiger partial charge in [-0.25, -0.2) is 5.43 Å². The second kappa shape index (κ2) is 7.61. The van der Waals surface area contributed by atoms with Gasteiger partial charge in [-0.2, -0.15) is 5.10 Å². The molecular formula is C16H15BrN2O3. The summed E-state index contributed by atoms with van der Waals surface area (Å²) in [7, 11) is 1.47. The summed E-state index contributed by atoms with van der Waals surface area (Å²) >= 11 is 3.34. The number of ether oxygens (including phenoxy) is 1. The van der Waals surface area contributed by atoms with Crippen LogP contribution in [0.1, 0.15) is 11.1 Å². The van der Waals surface area contributed by atoms with Crippen molar-refractivity contribution in [2.24, 2.45) is 5.10 Å². The van der Waals surface area contributed by atoms with E-state index in [4.69, 9.17) is 4.74 Å². The molecule has 0 radical (unpaired) electrons. The lowest BCUT2D eigenvalue weighted by molar-refractivity contribution is -0.120. The van der Waals surface area contributed by atoms with Gasteiger partial charge in [0.25, 0.3) is 0 Å². The Hall–Kier alpha value is -2.34. The van der Waals surface area contributed by atoms with E-state index in [1.807, 2.05) is 24.3 Å². The van der Waals surface area contributed by atoms with E-state index >= 15 is 0 Å². The minimum Gasteiger partial charge on any atom is -0.504 e. The zero-order valence-corrected chi connectivity index (χ0v) is 13.5. The number of aromatic hydroxyl groups is 1. The number of methoxy groups -OCH3 is 1. The molecule has 0 aliphatic rings. The average molecular weight is 363 g/mol. The second-order valence-electron chi connectivity index (χ2n) is 4.49. The molecule has 2 N–H and O–H groups in total. The van der Waals surface area contributed by atoms with Gasteiger partial charge in [0.05, 0.1) is 19.7 Å². The molecule has 0 fully saturated rings. The van der Waals surface area contributed by atoms with Crippen molar-refractivity contribution in [1.29, 1.82) is 0 Å². The first-order valence-electron chi connectivity index (χ1n) is 6.52. The van der Waals surface area contributed by atoms with E-state index in [2.05, 4.69) is 26.5 Å². The highest BCUT2D eigenvalue weighted by Gasteiger charge is 2.05. The quantitative estimate of drug-likeness (QED) is 0.634. The Balaban J connectivity index is 1.94. The largest absolute Gasteiger partial charge is 0.504 e. The molecule has 1 amide bonds. The summed E-state index contributed by atoms with van der Waals surface area (Å²) in [6.45, 7) is 0. The van der Waals surface area contributed by atoms with Gasteiger partial charge in [-0.1, -0.05) is 34.1 Å². The highest BCUT2D eigenvalue weighted by molar-refractivity contribution is 9.10. The summed E-state index contributed by atoms with van der Waals surface area (Å²) in [4.78, 5) is 11.8. The van der Waals surface area contributed by atoms with Crippen molar-refractivity contribution in [1.82, 2.24) is 5.43 Å². The van der Waals surface area contributed by atoms with Crippen LogP contribution in [0.25, 0.3) is 0 Å². The lowest BCUT2D eigenvalue weighted by Gasteiger charge is -2.05. The summed E-state index contributed by atoms with van der Waals surface area (Å²) in [5, 5.41) is 13.7. The van der Waals surface area contributed by atoms with Gasteiger partial charge in [-0.15, -0.1) is 0 Å². The third-order valence-electron chi connectivity index (χ3n) is 2.92. The Morgan fingerprint density at radius 2 is 2.05 bits per heavy atom. The molecule has 2 aromatic carbocycles. The van der Waals surface area contributed by atoms with Crippen LogP contribution in [0.3, 0.4) is 0 Å². The van der Waals surface area contributed by atoms with Crippen molar-refractivity contribution in [3.63, 3.8) is 0 Å². The van der Waals surface area contributed by atoms with Crippen LogP contribution in [0.5, 0.6) is 11.5 Å². The predicted octanol–water partition coefficient (Wildman–Crippen LogP) is 2.86. The number of amides is 1. The van der Waals surface area contributed by atoms with Gasteiger partial charge in [0, 0.05) is 10.0 Å². The molecule has 5 nitrogen and oxygen atoms in total. The van der Waals surface area contributed by atoms with E-state index in [1.165, 1.54) is 13.3 Å². The highest BCUT2D eigenvalue weighted by Crippen LogP contribution is 2.27. The van der Waals surface area contributed by atoms with Crippen molar-refractivity contribution in [2.75, 3.05) is 7.11 Å². The number of nitrogens with zero attached hydrogens (tertiary/aromatic N) is 1. The maximum atomic E-state index is 11.8. The molecule has 0 aliphatic heterocycles. The Morgan fingerprint density at radius 3 is 2.73 bits per heavy atom. The number of hydrazone groups is 1. The molecule has 0 aromatic heterocycles. The number of hydrogen-bond acceptors (Lipinski definition) is 4. The number of para-hydroxylation sites is 1. The Bertz CT molecular complexity index is 684. The van der Waals surface area contributed by atoms with Crippen LogP contribution in [0, 0.1) is 0 Å². The fourth-order valence-corrected chi connectivity index (χ4v) is 2.07. The monoisotopic (exact) mass is 362 g/mol. The van der Waals surface area contributed by atoms with Gasteiger partial charge in [0.15, 0.2) is 11.5 Å². The van der Waals surface area contributed by atoms with Gasteiger partial charge in [-0.3, -0.25) is 4.79 Å². The molecule has 0 heterocycles. The Labute approximate surface area is 136 Å². The first-order chi connectivity index (χ1) is 10.6. The van der Waals surface area contributed by atoms with Crippen molar-refractivity contribution in [3.8, 4) is 11.5 Å². The first kappa shape index (κ1) is 16.0. The van der Waals surface area contributed by atoms with Gasteiger partial charge in [0.1, 0.15) is 0 Å². The van der Waals surface area contributed by atoms with Crippen molar-refractivity contribution in [2.45, 2.75) is 6.42 Å². The van der Waals surface area contributed by atoms with Crippen LogP contribution in [-0.4, -0.2) is 24.3 Å². The topological polar surface area (TPSA) is 70.9 Å². The molecule has 2 aromatic rings. The molecule has 0 aliphatic carbocycles. The summed E-state index contributed by atoms with van der Waals surface area (Å²) in [5.74, 6) is 0.0991. The zero-order chi connectivity index (χ0) is 15.9. The number of benzene rings is 2. The minimum atomic E-state index is -0.235. The van der Waals surface area contributed by atoms with Gasteiger partial charge >= 0.3 is 0 Å². The smallest absolute Gasteiger partial charge is 0.244 e. The van der Waals surface area contributed by atoms with Crippen LogP contribution in [0.4, 0.5) is 0 Å². The number of nitrogens with one attached hydrogen (secondary N) is 1. The van der Waals surface area contributed by atoms with Crippen LogP contribution < -0.4 is 10.2 Å². The minimum absolute atomic E-state index is 0.0177. The molecular weight excluding hydrogens is 348 g/mol. The third kappa shape index (κ3) is 4.33. The molecule has 0 saturated heterocycles. The normalized spacial score (nSPS) is 10.6. The van der Waals surface area contributed by atoms with Gasteiger partial charge in [0.2, 0.25) is 5.91 Å². The van der Waals surface area contributed by atoms with E-state index in [1.54, 1.807) is 18.2 Å². The Kier molecular flexibility index (Phi) is 5.55. The average Bonchev–Trinajstić information content (AvgIpc) is 2.51. The number of halogens is 1. The van der Waals surface area contributed by atoms with E-state index in [-0.39, 0.29) is 18.1 Å². The number of hydrogen-bond donors (Lipinski definition) is 2. The third-order valence-corrected chi connectivity index (χ3v) is 3.45. The molecule has 22 heavy (non-hydrogen) atoms. The number of phenols is 1. The number of phenolic OH excluding ortho intramolecular Hbond substituents is 1. The fourth-order valence-electron chi connectivity index (χ4n) is 1.81. The van der Waals surface area contributed by atoms with Crippen LogP contribution in [0.15, 0.2) is 52.0 Å². The fraction of sp³-hybridized carbons (Fsp3) is 0.125. The molecule has 0 atom stereocenters. The van der Waals surface area contributed by atoms with Crippen LogP contribution in [0.2, 0.25) is 0 Å². The summed E-state index contributed by atoms with van der Waals surface area (Å²) < 4.78 is 5.96. The maximum absolute atomic E-state index is 11.8. The predicted molar refractivity (Wildman–Crippen MR) is 88.2 cm³/mol. The highest BCUT2D eigenvalue weighted by atomic mass is 79.9. The standard InChI is InChI=1S/C16H15BrN2O3/c1-22-14-4-2-3-12(16(14)21)10-18-19-15(20)9-11-5-7-13(17)8-6-11/h2-8,10,21H,9H2,1H3,(H,19,20). The van der Waals surface area contributed by atoms with E-state index in [0.29, 0.717) is 11.3 Å². The number of carbonyl (C=O) groups is 1. The molecule has 0 spiro atoms. The van der Waals surface area contributed by atoms with Gasteiger partial charge in [-0.05, 0) is 29.8 Å². The van der Waals surface area contributed by atoms with E-state index < -0.39 is 0 Å². The van der Waals surface area contributed by atoms with Crippen LogP contribution >= 0.6 is 15.9 Å². The molecule has 114 valence electrons. The molecule has 0 saturated carbocycles. The Morgan fingerprint density at radius 1 is 1.32 bits per heavy atom. The van der Waals surface area contributed by atoms with Crippen molar-refractivity contribution >= 4 is 28.1 Å². The van der Waals surface area contributed by atoms with Crippen molar-refractivity contribution < 1.29 is 14.6 Å². The van der Waals surface area contributed by atoms with Gasteiger partial charge < -0.3 is 9.84 Å². The van der Waals surface area contributed by atoms with Crippen molar-refractivity contribution in [3.05, 3.63) is 58.1 Å². The second-order valence-corrected chi connectivity index (χ2v) is 5.41. The molecule has 0 bridgehead atoms. The van der Waals surface area contributed by atoms with Crippen LogP contribution in [-0.2, 0) is 11.2 Å². The summed E-state index contributed by atoms with van der Waals surface area (Å²) in [6, 6.07) is 12.5. The number of carbonyl (C=O) groups excluding carboxylic acids is 1. The SMILES string of the molecule is COc1cccc(C=NNC(=O)Cc2ccc(Br)cc2)c1O. The van der Waals surface area contributed by atoms with E-state index in [0.717, 1.165) is 10.0 Å². The van der Waals surface area contributed by atoms with E-state index in [9.17, 15) is 9.90 Å². The molecule has 2 rings (SSSR count). The maximum Gasteiger partial charge on any atom is 0.244 e. The lowest BCUT2D eigenvalue weighted by Crippen LogP contribution is -2.19. The summed E-state index contributed by atoms with van der Waals surface area (Å²) in [6.07, 6.45) is 1.60. The zero-order valence-electron chi connectivity index (χ0n) is 11.9.